The van der Waals surface area contributed by atoms with Crippen LogP contribution < -0.4 is 11.1 Å². The molecule has 114 valence electrons. The maximum absolute atomic E-state index is 11.9. The van der Waals surface area contributed by atoms with Crippen molar-refractivity contribution >= 4 is 29.1 Å². The van der Waals surface area contributed by atoms with Crippen LogP contribution in [0.3, 0.4) is 0 Å². The quantitative estimate of drug-likeness (QED) is 0.891. The average Bonchev–Trinajstić information content (AvgIpc) is 2.43. The number of halogens is 1. The van der Waals surface area contributed by atoms with Crippen LogP contribution in [0.4, 0.5) is 0 Å². The van der Waals surface area contributed by atoms with Crippen LogP contribution in [0.2, 0.25) is 0 Å². The van der Waals surface area contributed by atoms with Gasteiger partial charge in [-0.3, -0.25) is 4.79 Å². The molecule has 0 aromatic heterocycles. The SMILES string of the molecule is CC(C)C[C@H](N)C(=O)NCc1ccc2ccccc2c1.Cl. The van der Waals surface area contributed by atoms with Crippen molar-refractivity contribution < 1.29 is 4.79 Å². The van der Waals surface area contributed by atoms with E-state index in [1.807, 2.05) is 18.2 Å². The molecule has 3 nitrogen and oxygen atoms in total. The molecular weight excluding hydrogens is 284 g/mol. The Morgan fingerprint density at radius 3 is 2.48 bits per heavy atom. The topological polar surface area (TPSA) is 55.1 Å². The number of fused-ring (bicyclic) bond motifs is 1. The molecule has 0 saturated carbocycles. The molecular formula is C17H23ClN2O. The highest BCUT2D eigenvalue weighted by molar-refractivity contribution is 5.85. The number of amides is 1. The van der Waals surface area contributed by atoms with Crippen molar-refractivity contribution in [1.82, 2.24) is 5.32 Å². The molecule has 1 atom stereocenters. The molecule has 4 heteroatoms. The van der Waals surface area contributed by atoms with E-state index in [1.165, 1.54) is 10.8 Å². The van der Waals surface area contributed by atoms with Gasteiger partial charge in [-0.05, 0) is 34.7 Å². The summed E-state index contributed by atoms with van der Waals surface area (Å²) >= 11 is 0. The lowest BCUT2D eigenvalue weighted by Gasteiger charge is -2.14. The fourth-order valence-corrected chi connectivity index (χ4v) is 2.28. The first-order valence-corrected chi connectivity index (χ1v) is 7.07. The summed E-state index contributed by atoms with van der Waals surface area (Å²) in [6.07, 6.45) is 0.712. The van der Waals surface area contributed by atoms with Gasteiger partial charge < -0.3 is 11.1 Å². The molecule has 2 aromatic rings. The van der Waals surface area contributed by atoms with Crippen LogP contribution in [0, 0.1) is 5.92 Å². The molecule has 21 heavy (non-hydrogen) atoms. The Bertz CT molecular complexity index is 598. The molecule has 0 aliphatic carbocycles. The second-order valence-corrected chi connectivity index (χ2v) is 5.64. The Morgan fingerprint density at radius 1 is 1.14 bits per heavy atom. The zero-order chi connectivity index (χ0) is 14.5. The zero-order valence-corrected chi connectivity index (χ0v) is 13.3. The Labute approximate surface area is 132 Å². The number of nitrogens with two attached hydrogens (primary N) is 1. The first-order valence-electron chi connectivity index (χ1n) is 7.07. The minimum absolute atomic E-state index is 0. The predicted molar refractivity (Wildman–Crippen MR) is 90.5 cm³/mol. The van der Waals surface area contributed by atoms with Gasteiger partial charge in [0.25, 0.3) is 0 Å². The highest BCUT2D eigenvalue weighted by atomic mass is 35.5. The van der Waals surface area contributed by atoms with E-state index in [0.717, 1.165) is 5.56 Å². The van der Waals surface area contributed by atoms with Crippen molar-refractivity contribution in [2.45, 2.75) is 32.9 Å². The number of hydrogen-bond donors (Lipinski definition) is 2. The van der Waals surface area contributed by atoms with E-state index in [2.05, 4.69) is 43.4 Å². The van der Waals surface area contributed by atoms with Crippen LogP contribution in [0.5, 0.6) is 0 Å². The smallest absolute Gasteiger partial charge is 0.237 e. The Kier molecular flexibility index (Phi) is 6.66. The van der Waals surface area contributed by atoms with Crippen molar-refractivity contribution in [1.29, 1.82) is 0 Å². The van der Waals surface area contributed by atoms with Gasteiger partial charge in [0.15, 0.2) is 0 Å². The van der Waals surface area contributed by atoms with Crippen LogP contribution in [-0.4, -0.2) is 11.9 Å². The van der Waals surface area contributed by atoms with Gasteiger partial charge in [0.1, 0.15) is 0 Å². The Balaban J connectivity index is 0.00000220. The van der Waals surface area contributed by atoms with Crippen LogP contribution in [0.15, 0.2) is 42.5 Å². The van der Waals surface area contributed by atoms with E-state index in [4.69, 9.17) is 5.73 Å². The van der Waals surface area contributed by atoms with Crippen LogP contribution >= 0.6 is 12.4 Å². The summed E-state index contributed by atoms with van der Waals surface area (Å²) in [5.41, 5.74) is 6.95. The summed E-state index contributed by atoms with van der Waals surface area (Å²) in [5, 5.41) is 5.30. The maximum atomic E-state index is 11.9. The third-order valence-corrected chi connectivity index (χ3v) is 3.34. The van der Waals surface area contributed by atoms with Crippen molar-refractivity contribution in [3.63, 3.8) is 0 Å². The molecule has 0 aliphatic heterocycles. The summed E-state index contributed by atoms with van der Waals surface area (Å²) in [6.45, 7) is 4.66. The minimum Gasteiger partial charge on any atom is -0.351 e. The van der Waals surface area contributed by atoms with Gasteiger partial charge in [-0.25, -0.2) is 0 Å². The molecule has 0 fully saturated rings. The van der Waals surface area contributed by atoms with Crippen molar-refractivity contribution in [3.05, 3.63) is 48.0 Å². The van der Waals surface area contributed by atoms with E-state index < -0.39 is 6.04 Å². The molecule has 0 radical (unpaired) electrons. The summed E-state index contributed by atoms with van der Waals surface area (Å²) < 4.78 is 0. The molecule has 0 unspecified atom stereocenters. The summed E-state index contributed by atoms with van der Waals surface area (Å²) in [6, 6.07) is 14.0. The van der Waals surface area contributed by atoms with Gasteiger partial charge in [0.05, 0.1) is 6.04 Å². The van der Waals surface area contributed by atoms with E-state index in [-0.39, 0.29) is 18.3 Å². The molecule has 0 heterocycles. The monoisotopic (exact) mass is 306 g/mol. The number of carbonyl (C=O) groups excluding carboxylic acids is 1. The molecule has 0 spiro atoms. The lowest BCUT2D eigenvalue weighted by atomic mass is 10.0. The standard InChI is InChI=1S/C17H22N2O.ClH/c1-12(2)9-16(18)17(20)19-11-13-7-8-14-5-3-4-6-15(14)10-13;/h3-8,10,12,16H,9,11,18H2,1-2H3,(H,19,20);1H/t16-;/m0./s1. The lowest BCUT2D eigenvalue weighted by molar-refractivity contribution is -0.122. The molecule has 0 saturated heterocycles. The molecule has 1 amide bonds. The summed E-state index contributed by atoms with van der Waals surface area (Å²) in [4.78, 5) is 11.9. The Morgan fingerprint density at radius 2 is 1.81 bits per heavy atom. The van der Waals surface area contributed by atoms with Gasteiger partial charge in [-0.15, -0.1) is 12.4 Å². The van der Waals surface area contributed by atoms with Crippen molar-refractivity contribution in [2.75, 3.05) is 0 Å². The van der Waals surface area contributed by atoms with Crippen molar-refractivity contribution in [3.8, 4) is 0 Å². The fraction of sp³-hybridized carbons (Fsp3) is 0.353. The zero-order valence-electron chi connectivity index (χ0n) is 12.5. The van der Waals surface area contributed by atoms with Gasteiger partial charge >= 0.3 is 0 Å². The van der Waals surface area contributed by atoms with Gasteiger partial charge in [-0.2, -0.15) is 0 Å². The highest BCUT2D eigenvalue weighted by Gasteiger charge is 2.14. The second-order valence-electron chi connectivity index (χ2n) is 5.64. The van der Waals surface area contributed by atoms with Crippen LogP contribution in [0.1, 0.15) is 25.8 Å². The van der Waals surface area contributed by atoms with Gasteiger partial charge in [0, 0.05) is 6.54 Å². The van der Waals surface area contributed by atoms with Crippen LogP contribution in [0.25, 0.3) is 10.8 Å². The largest absolute Gasteiger partial charge is 0.351 e. The van der Waals surface area contributed by atoms with Crippen LogP contribution in [-0.2, 0) is 11.3 Å². The summed E-state index contributed by atoms with van der Waals surface area (Å²) in [7, 11) is 0. The molecule has 3 N–H and O–H groups in total. The maximum Gasteiger partial charge on any atom is 0.237 e. The number of carbonyl (C=O) groups is 1. The highest BCUT2D eigenvalue weighted by Crippen LogP contribution is 2.15. The van der Waals surface area contributed by atoms with E-state index in [0.29, 0.717) is 18.9 Å². The number of rotatable bonds is 5. The van der Waals surface area contributed by atoms with E-state index in [1.54, 1.807) is 0 Å². The third kappa shape index (κ3) is 5.03. The summed E-state index contributed by atoms with van der Waals surface area (Å²) in [5.74, 6) is 0.350. The number of hydrogen-bond acceptors (Lipinski definition) is 2. The molecule has 2 aromatic carbocycles. The van der Waals surface area contributed by atoms with E-state index in [9.17, 15) is 4.79 Å². The normalized spacial score (nSPS) is 12.0. The molecule has 0 aliphatic rings. The lowest BCUT2D eigenvalue weighted by Crippen LogP contribution is -2.41. The number of benzene rings is 2. The molecule has 0 bridgehead atoms. The Hall–Kier alpha value is -1.58. The molecule has 2 rings (SSSR count). The minimum atomic E-state index is -0.421. The number of nitrogens with one attached hydrogen (secondary N) is 1. The predicted octanol–water partition coefficient (Wildman–Crippen LogP) is 3.25. The van der Waals surface area contributed by atoms with E-state index >= 15 is 0 Å². The fourth-order valence-electron chi connectivity index (χ4n) is 2.28. The van der Waals surface area contributed by atoms with Crippen molar-refractivity contribution in [2.24, 2.45) is 11.7 Å². The van der Waals surface area contributed by atoms with Gasteiger partial charge in [0.2, 0.25) is 5.91 Å². The van der Waals surface area contributed by atoms with Gasteiger partial charge in [-0.1, -0.05) is 50.2 Å². The first kappa shape index (κ1) is 17.5. The first-order chi connectivity index (χ1) is 9.56. The average molecular weight is 307 g/mol. The third-order valence-electron chi connectivity index (χ3n) is 3.34. The second kappa shape index (κ2) is 8.01.